The summed E-state index contributed by atoms with van der Waals surface area (Å²) in [6.07, 6.45) is 1.71. The van der Waals surface area contributed by atoms with Gasteiger partial charge in [0.1, 0.15) is 41.5 Å². The summed E-state index contributed by atoms with van der Waals surface area (Å²) in [7, 11) is 0. The van der Waals surface area contributed by atoms with E-state index in [1.54, 1.807) is 62.3 Å². The summed E-state index contributed by atoms with van der Waals surface area (Å²) in [5.41, 5.74) is 3.04. The summed E-state index contributed by atoms with van der Waals surface area (Å²) in [6.45, 7) is 15.7. The zero-order valence-corrected chi connectivity index (χ0v) is 39.0. The van der Waals surface area contributed by atoms with Crippen molar-refractivity contribution >= 4 is 35.9 Å². The summed E-state index contributed by atoms with van der Waals surface area (Å²) in [6, 6.07) is 22.0. The van der Waals surface area contributed by atoms with Crippen LogP contribution in [-0.4, -0.2) is 84.0 Å². The molecule has 4 rings (SSSR count). The fraction of sp³-hybridized carbons (Fsp3) is 0.520. The number of unbranched alkanes of at least 4 members (excludes halogenated alkanes) is 1. The number of urea groups is 1. The van der Waals surface area contributed by atoms with Crippen molar-refractivity contribution in [1.82, 2.24) is 21.3 Å². The molecule has 0 heterocycles. The maximum absolute atomic E-state index is 13.6. The average Bonchev–Trinajstić information content (AvgIpc) is 3.52. The third kappa shape index (κ3) is 17.3. The predicted molar refractivity (Wildman–Crippen MR) is 244 cm³/mol. The minimum absolute atomic E-state index is 0.0998. The van der Waals surface area contributed by atoms with Gasteiger partial charge in [0.2, 0.25) is 5.91 Å². The number of rotatable bonds is 20. The molecule has 0 fully saturated rings. The molecule has 4 amide bonds. The van der Waals surface area contributed by atoms with Crippen molar-refractivity contribution in [3.63, 3.8) is 0 Å². The van der Waals surface area contributed by atoms with Crippen molar-refractivity contribution in [3.8, 4) is 11.1 Å². The van der Waals surface area contributed by atoms with Gasteiger partial charge >= 0.3 is 30.0 Å². The number of carbonyl (C=O) groups is 6. The number of hydrogen-bond donors (Lipinski definition) is 4. The zero-order chi connectivity index (χ0) is 47.1. The molecule has 4 N–H and O–H groups in total. The highest BCUT2D eigenvalue weighted by atomic mass is 16.6. The quantitative estimate of drug-likeness (QED) is 0.0491. The number of amides is 4. The second-order valence-corrected chi connectivity index (χ2v) is 19.1. The van der Waals surface area contributed by atoms with E-state index in [0.29, 0.717) is 32.1 Å². The van der Waals surface area contributed by atoms with E-state index in [9.17, 15) is 28.8 Å². The van der Waals surface area contributed by atoms with Crippen molar-refractivity contribution in [3.05, 3.63) is 95.6 Å². The Labute approximate surface area is 378 Å². The van der Waals surface area contributed by atoms with E-state index in [1.165, 1.54) is 0 Å². The van der Waals surface area contributed by atoms with Gasteiger partial charge in [0.15, 0.2) is 0 Å². The lowest BCUT2D eigenvalue weighted by Crippen LogP contribution is -2.53. The molecule has 1 aliphatic carbocycles. The molecular formula is C50H68N4O10. The molecule has 0 unspecified atom stereocenters. The van der Waals surface area contributed by atoms with E-state index in [4.69, 9.17) is 18.9 Å². The van der Waals surface area contributed by atoms with E-state index >= 15 is 0 Å². The Morgan fingerprint density at radius 2 is 1.06 bits per heavy atom. The molecule has 3 atom stereocenters. The zero-order valence-electron chi connectivity index (χ0n) is 39.0. The SMILES string of the molecule is CC(C)(C)OC(=O)CC[C@H](NC(=O)N[C@@H](CCCCNC(=O)[C@H](CCCc1ccccc1)NC(=O)OCC1c2ccccc2-c2ccccc21)C(=O)OC(C)(C)C)C(=O)OC(C)(C)C. The van der Waals surface area contributed by atoms with E-state index in [2.05, 4.69) is 33.4 Å². The van der Waals surface area contributed by atoms with Gasteiger partial charge < -0.3 is 40.2 Å². The van der Waals surface area contributed by atoms with Crippen molar-refractivity contribution in [2.24, 2.45) is 0 Å². The van der Waals surface area contributed by atoms with Gasteiger partial charge in [-0.2, -0.15) is 0 Å². The number of aryl methyl sites for hydroxylation is 1. The highest BCUT2D eigenvalue weighted by molar-refractivity contribution is 5.88. The van der Waals surface area contributed by atoms with E-state index in [-0.39, 0.29) is 44.2 Å². The minimum atomic E-state index is -1.22. The van der Waals surface area contributed by atoms with Crippen molar-refractivity contribution in [2.45, 2.75) is 155 Å². The van der Waals surface area contributed by atoms with Gasteiger partial charge in [-0.05, 0) is 135 Å². The summed E-state index contributed by atoms with van der Waals surface area (Å²) >= 11 is 0. The van der Waals surface area contributed by atoms with Crippen LogP contribution in [0.25, 0.3) is 11.1 Å². The molecular weight excluding hydrogens is 817 g/mol. The fourth-order valence-corrected chi connectivity index (χ4v) is 7.27. The second-order valence-electron chi connectivity index (χ2n) is 19.1. The van der Waals surface area contributed by atoms with Gasteiger partial charge in [-0.25, -0.2) is 19.2 Å². The molecule has 0 bridgehead atoms. The fourth-order valence-electron chi connectivity index (χ4n) is 7.27. The minimum Gasteiger partial charge on any atom is -0.460 e. The molecule has 348 valence electrons. The van der Waals surface area contributed by atoms with Crippen LogP contribution in [0.15, 0.2) is 78.9 Å². The molecule has 0 aliphatic heterocycles. The van der Waals surface area contributed by atoms with Crippen LogP contribution in [0.4, 0.5) is 9.59 Å². The first-order valence-electron chi connectivity index (χ1n) is 22.3. The Morgan fingerprint density at radius 1 is 0.562 bits per heavy atom. The monoisotopic (exact) mass is 884 g/mol. The van der Waals surface area contributed by atoms with E-state index in [1.807, 2.05) is 66.7 Å². The lowest BCUT2D eigenvalue weighted by atomic mass is 9.98. The van der Waals surface area contributed by atoms with Crippen molar-refractivity contribution in [2.75, 3.05) is 13.2 Å². The number of ether oxygens (including phenoxy) is 4. The molecule has 3 aromatic carbocycles. The van der Waals surface area contributed by atoms with Gasteiger partial charge in [-0.1, -0.05) is 78.9 Å². The predicted octanol–water partition coefficient (Wildman–Crippen LogP) is 8.04. The first kappa shape index (κ1) is 50.7. The number of alkyl carbamates (subject to hydrolysis) is 1. The third-order valence-electron chi connectivity index (χ3n) is 10.0. The second kappa shape index (κ2) is 23.1. The number of carbonyl (C=O) groups excluding carboxylic acids is 6. The summed E-state index contributed by atoms with van der Waals surface area (Å²) in [4.78, 5) is 79.3. The molecule has 14 nitrogen and oxygen atoms in total. The Kier molecular flexibility index (Phi) is 18.3. The normalized spacial score (nSPS) is 13.8. The molecule has 3 aromatic rings. The van der Waals surface area contributed by atoms with Crippen LogP contribution in [-0.2, 0) is 44.5 Å². The number of esters is 3. The first-order chi connectivity index (χ1) is 30.1. The molecule has 1 aliphatic rings. The standard InChI is InChI=1S/C50H68N4O10/c1-48(2,3)62-42(55)30-29-41(45(58)64-50(7,8)9)53-46(59)52-40(44(57)63-49(4,5)6)27-17-18-31-51-43(56)39(28-19-22-33-20-11-10-12-21-33)54-47(60)61-32-38-36-25-15-13-23-34(36)35-24-14-16-26-37(35)38/h10-16,20-21,23-26,38-41H,17-19,22,27-32H2,1-9H3,(H,51,56)(H,54,60)(H2,52,53,59)/t39-,40-,41-/m0/s1. The molecule has 0 radical (unpaired) electrons. The van der Waals surface area contributed by atoms with Gasteiger partial charge in [-0.15, -0.1) is 0 Å². The lowest BCUT2D eigenvalue weighted by molar-refractivity contribution is -0.159. The topological polar surface area (TPSA) is 187 Å². The van der Waals surface area contributed by atoms with Crippen LogP contribution in [0.3, 0.4) is 0 Å². The Bertz CT molecular complexity index is 2010. The van der Waals surface area contributed by atoms with Crippen LogP contribution in [0.5, 0.6) is 0 Å². The van der Waals surface area contributed by atoms with E-state index < -0.39 is 65.0 Å². The summed E-state index contributed by atoms with van der Waals surface area (Å²) < 4.78 is 22.3. The average molecular weight is 885 g/mol. The number of fused-ring (bicyclic) bond motifs is 3. The van der Waals surface area contributed by atoms with Crippen LogP contribution in [0.2, 0.25) is 0 Å². The van der Waals surface area contributed by atoms with Gasteiger partial charge in [-0.3, -0.25) is 9.59 Å². The van der Waals surface area contributed by atoms with Gasteiger partial charge in [0.25, 0.3) is 0 Å². The van der Waals surface area contributed by atoms with Crippen LogP contribution < -0.4 is 21.3 Å². The highest BCUT2D eigenvalue weighted by Crippen LogP contribution is 2.44. The molecule has 64 heavy (non-hydrogen) atoms. The van der Waals surface area contributed by atoms with Crippen LogP contribution >= 0.6 is 0 Å². The Balaban J connectivity index is 1.35. The molecule has 14 heteroatoms. The van der Waals surface area contributed by atoms with Crippen LogP contribution in [0.1, 0.15) is 130 Å². The number of benzene rings is 3. The van der Waals surface area contributed by atoms with Crippen molar-refractivity contribution < 1.29 is 47.7 Å². The third-order valence-corrected chi connectivity index (χ3v) is 10.0. The lowest BCUT2D eigenvalue weighted by Gasteiger charge is -2.27. The molecule has 0 aromatic heterocycles. The number of nitrogens with one attached hydrogen (secondary N) is 4. The maximum Gasteiger partial charge on any atom is 0.407 e. The first-order valence-corrected chi connectivity index (χ1v) is 22.3. The van der Waals surface area contributed by atoms with Gasteiger partial charge in [0.05, 0.1) is 0 Å². The van der Waals surface area contributed by atoms with Gasteiger partial charge in [0, 0.05) is 18.9 Å². The Hall–Kier alpha value is -5.92. The highest BCUT2D eigenvalue weighted by Gasteiger charge is 2.33. The number of hydrogen-bond acceptors (Lipinski definition) is 10. The van der Waals surface area contributed by atoms with Crippen LogP contribution in [0, 0.1) is 0 Å². The molecule has 0 saturated carbocycles. The largest absolute Gasteiger partial charge is 0.460 e. The van der Waals surface area contributed by atoms with Crippen molar-refractivity contribution in [1.29, 1.82) is 0 Å². The summed E-state index contributed by atoms with van der Waals surface area (Å²) in [5.74, 6) is -2.48. The smallest absolute Gasteiger partial charge is 0.407 e. The maximum atomic E-state index is 13.6. The summed E-state index contributed by atoms with van der Waals surface area (Å²) in [5, 5.41) is 10.9. The Morgan fingerprint density at radius 3 is 1.61 bits per heavy atom. The molecule has 0 spiro atoms. The molecule has 0 saturated heterocycles. The van der Waals surface area contributed by atoms with E-state index in [0.717, 1.165) is 27.8 Å².